The van der Waals surface area contributed by atoms with E-state index in [1.807, 2.05) is 0 Å². The first kappa shape index (κ1) is 36.0. The first-order valence-corrected chi connectivity index (χ1v) is 15.3. The molecule has 0 radical (unpaired) electrons. The largest absolute Gasteiger partial charge is 0.480 e. The maximum absolute atomic E-state index is 12.6. The fourth-order valence-electron chi connectivity index (χ4n) is 3.83. The average molecular weight is 655 g/mol. The predicted molar refractivity (Wildman–Crippen MR) is 137 cm³/mol. The molecule has 2 aliphatic heterocycles. The van der Waals surface area contributed by atoms with Crippen LogP contribution in [0.15, 0.2) is 0 Å². The zero-order valence-electron chi connectivity index (χ0n) is 22.0. The molecule has 0 aliphatic carbocycles. The Hall–Kier alpha value is -2.22. The number of carboxylic acids is 1. The highest BCUT2D eigenvalue weighted by Gasteiger charge is 2.51. The van der Waals surface area contributed by atoms with Gasteiger partial charge in [-0.25, -0.2) is 19.2 Å². The highest BCUT2D eigenvalue weighted by molar-refractivity contribution is 8.99. The lowest BCUT2D eigenvalue weighted by atomic mass is 9.99. The van der Waals surface area contributed by atoms with Crippen molar-refractivity contribution in [2.45, 2.75) is 74.5 Å². The molecule has 12 unspecified atom stereocenters. The van der Waals surface area contributed by atoms with E-state index >= 15 is 0 Å². The number of carbonyl (C=O) groups is 4. The smallest absolute Gasteiger partial charge is 0.417 e. The Morgan fingerprint density at radius 3 is 1.93 bits per heavy atom. The molecule has 0 aromatic heterocycles. The van der Waals surface area contributed by atoms with Gasteiger partial charge in [0.1, 0.15) is 55.4 Å². The van der Waals surface area contributed by atoms with Gasteiger partial charge >= 0.3 is 23.5 Å². The van der Waals surface area contributed by atoms with E-state index in [1.165, 1.54) is 6.92 Å². The Morgan fingerprint density at radius 1 is 0.881 bits per heavy atom. The zero-order chi connectivity index (χ0) is 32.1. The van der Waals surface area contributed by atoms with Crippen molar-refractivity contribution in [2.75, 3.05) is 25.2 Å². The molecule has 244 valence electrons. The van der Waals surface area contributed by atoms with Crippen molar-refractivity contribution >= 4 is 43.5 Å². The number of aliphatic hydroxyl groups is 8. The number of rotatable bonds is 9. The van der Waals surface area contributed by atoms with Gasteiger partial charge in [-0.1, -0.05) is 17.7 Å². The number of nitrogens with one attached hydrogen (secondary N) is 1. The third kappa shape index (κ3) is 7.83. The van der Waals surface area contributed by atoms with Crippen LogP contribution < -0.4 is 4.72 Å². The van der Waals surface area contributed by atoms with E-state index < -0.39 is 113 Å². The van der Waals surface area contributed by atoms with Gasteiger partial charge in [0, 0.05) is 11.5 Å². The van der Waals surface area contributed by atoms with Crippen LogP contribution in [0.5, 0.6) is 0 Å². The summed E-state index contributed by atoms with van der Waals surface area (Å²) in [6.45, 7) is 0.507. The summed E-state index contributed by atoms with van der Waals surface area (Å²) >= 11 is 0. The van der Waals surface area contributed by atoms with Crippen molar-refractivity contribution < 1.29 is 89.2 Å². The summed E-state index contributed by atoms with van der Waals surface area (Å²) in [7, 11) is -2.24. The third-order valence-corrected chi connectivity index (χ3v) is 12.0. The molecule has 0 spiro atoms. The summed E-state index contributed by atoms with van der Waals surface area (Å²) in [5.74, 6) is -2.91. The standard InChI is InChI=1S/C20H34N2O18S2/c1-3-42(20(35)36,21-18(33)38-4-7-8(23)9(24)12(27)16(31)39-7)41-5-6(15(29)30)22(19(34)37-2)14-11(26)10(25)13(28)17(32)40-14/h6-14,16-17,23-28,31-32H,3-5H2,1-2H3,(H,21,33)(H,29,30)(H,35,36). The summed E-state index contributed by atoms with van der Waals surface area (Å²) in [5.41, 5.74) is 0. The van der Waals surface area contributed by atoms with E-state index in [-0.39, 0.29) is 10.7 Å². The molecule has 0 bridgehead atoms. The third-order valence-electron chi connectivity index (χ3n) is 6.27. The number of ether oxygens (including phenoxy) is 4. The summed E-state index contributed by atoms with van der Waals surface area (Å²) in [5, 5.41) is 97.0. The fourth-order valence-corrected chi connectivity index (χ4v) is 7.90. The van der Waals surface area contributed by atoms with Crippen molar-refractivity contribution in [3.63, 3.8) is 0 Å². The minimum Gasteiger partial charge on any atom is -0.480 e. The van der Waals surface area contributed by atoms with Crippen LogP contribution in [0.4, 0.5) is 14.4 Å². The van der Waals surface area contributed by atoms with Gasteiger partial charge in [-0.2, -0.15) is 0 Å². The maximum Gasteiger partial charge on any atom is 0.417 e. The zero-order valence-corrected chi connectivity index (χ0v) is 23.6. The first-order chi connectivity index (χ1) is 19.5. The van der Waals surface area contributed by atoms with E-state index in [2.05, 4.69) is 9.46 Å². The van der Waals surface area contributed by atoms with E-state index in [9.17, 15) is 70.2 Å². The van der Waals surface area contributed by atoms with Crippen LogP contribution in [0, 0.1) is 0 Å². The second-order valence-corrected chi connectivity index (χ2v) is 14.3. The quantitative estimate of drug-likeness (QED) is 0.105. The minimum absolute atomic E-state index is 0.269. The van der Waals surface area contributed by atoms with E-state index in [0.717, 1.165) is 7.11 Å². The molecular formula is C20H34N2O18S2. The summed E-state index contributed by atoms with van der Waals surface area (Å²) in [6, 6.07) is -2.06. The highest BCUT2D eigenvalue weighted by Crippen LogP contribution is 2.57. The molecule has 2 saturated heterocycles. The van der Waals surface area contributed by atoms with Crippen molar-refractivity contribution in [1.82, 2.24) is 9.62 Å². The fraction of sp³-hybridized carbons (Fsp3) is 0.800. The molecule has 20 nitrogen and oxygen atoms in total. The number of hydrogen-bond acceptors (Lipinski definition) is 17. The number of carboxylic acid groups (broad SMARTS) is 2. The van der Waals surface area contributed by atoms with Crippen molar-refractivity contribution in [3.05, 3.63) is 0 Å². The normalized spacial score (nSPS) is 36.0. The van der Waals surface area contributed by atoms with Gasteiger partial charge in [0.25, 0.3) is 0 Å². The van der Waals surface area contributed by atoms with Crippen LogP contribution in [0.25, 0.3) is 0 Å². The summed E-state index contributed by atoms with van der Waals surface area (Å²) in [6.07, 6.45) is -22.3. The van der Waals surface area contributed by atoms with Gasteiger partial charge < -0.3 is 70.0 Å². The minimum atomic E-state index is -3.43. The van der Waals surface area contributed by atoms with E-state index in [4.69, 9.17) is 14.2 Å². The van der Waals surface area contributed by atoms with Crippen molar-refractivity contribution in [2.24, 2.45) is 0 Å². The Balaban J connectivity index is 2.23. The van der Waals surface area contributed by atoms with Gasteiger partial charge in [0.2, 0.25) is 0 Å². The molecule has 0 saturated carbocycles. The molecule has 2 rings (SSSR count). The van der Waals surface area contributed by atoms with E-state index in [0.29, 0.717) is 10.8 Å². The Kier molecular flexibility index (Phi) is 12.8. The van der Waals surface area contributed by atoms with Gasteiger partial charge in [0.15, 0.2) is 18.8 Å². The molecule has 0 aromatic carbocycles. The maximum atomic E-state index is 12.6. The number of nitrogens with zero attached hydrogens (tertiary/aromatic N) is 1. The monoisotopic (exact) mass is 654 g/mol. The Bertz CT molecular complexity index is 979. The van der Waals surface area contributed by atoms with Gasteiger partial charge in [-0.3, -0.25) is 9.62 Å². The number of hydrogen-bond donors (Lipinski definition) is 11. The number of methoxy groups -OCH3 is 1. The van der Waals surface area contributed by atoms with Crippen molar-refractivity contribution in [3.8, 4) is 0 Å². The van der Waals surface area contributed by atoms with Gasteiger partial charge in [-0.05, 0) is 9.25 Å². The van der Waals surface area contributed by atoms with Crippen LogP contribution in [0.1, 0.15) is 6.92 Å². The van der Waals surface area contributed by atoms with Gasteiger partial charge in [-0.15, -0.1) is 0 Å². The van der Waals surface area contributed by atoms with Crippen LogP contribution in [-0.4, -0.2) is 172 Å². The SMILES string of the molecule is CCS(NC(=O)OCC1OC(O)C(O)C(O)C1O)(SCC(C(=O)O)N(C(=O)OC)C1OC(O)C(O)C(O)C1O)C(=O)O. The average Bonchev–Trinajstić information content (AvgIpc) is 2.94. The summed E-state index contributed by atoms with van der Waals surface area (Å²) < 4.78 is 21.3. The molecule has 2 fully saturated rings. The van der Waals surface area contributed by atoms with Crippen molar-refractivity contribution in [1.29, 1.82) is 0 Å². The predicted octanol–water partition coefficient (Wildman–Crippen LogP) is -4.14. The molecule has 0 aromatic rings. The van der Waals surface area contributed by atoms with Crippen LogP contribution in [0.3, 0.4) is 0 Å². The number of aliphatic carboxylic acids is 1. The van der Waals surface area contributed by atoms with E-state index in [1.54, 1.807) is 0 Å². The molecular weight excluding hydrogens is 620 g/mol. The number of amides is 2. The molecule has 22 heteroatoms. The molecule has 2 amide bonds. The lowest BCUT2D eigenvalue weighted by Gasteiger charge is -2.44. The Morgan fingerprint density at radius 2 is 1.43 bits per heavy atom. The second kappa shape index (κ2) is 15.0. The summed E-state index contributed by atoms with van der Waals surface area (Å²) in [4.78, 5) is 49.8. The molecule has 2 aliphatic rings. The molecule has 12 atom stereocenters. The highest BCUT2D eigenvalue weighted by atomic mass is 33.2. The van der Waals surface area contributed by atoms with Gasteiger partial charge in [0.05, 0.1) is 7.11 Å². The molecule has 42 heavy (non-hydrogen) atoms. The molecule has 11 N–H and O–H groups in total. The lowest BCUT2D eigenvalue weighted by molar-refractivity contribution is -0.308. The second-order valence-electron chi connectivity index (χ2n) is 8.87. The Labute approximate surface area is 242 Å². The first-order valence-electron chi connectivity index (χ1n) is 12.0. The van der Waals surface area contributed by atoms with Crippen LogP contribution in [0.2, 0.25) is 0 Å². The number of carbonyl (C=O) groups excluding carboxylic acids is 2. The van der Waals surface area contributed by atoms with Crippen LogP contribution >= 0.6 is 20.0 Å². The number of aliphatic hydroxyl groups excluding tert-OH is 8. The topological polar surface area (TPSA) is 323 Å². The molecule has 2 heterocycles. The lowest BCUT2D eigenvalue weighted by Crippen LogP contribution is -2.66. The van der Waals surface area contributed by atoms with Crippen LogP contribution in [-0.2, 0) is 23.7 Å².